The maximum Gasteiger partial charge on any atom is 0.272 e. The summed E-state index contributed by atoms with van der Waals surface area (Å²) in [4.78, 5) is 42.3. The lowest BCUT2D eigenvalue weighted by Crippen LogP contribution is -2.33. The topological polar surface area (TPSA) is 112 Å². The zero-order valence-corrected chi connectivity index (χ0v) is 21.3. The van der Waals surface area contributed by atoms with Crippen molar-refractivity contribution in [1.29, 1.82) is 0 Å². The van der Waals surface area contributed by atoms with Crippen LogP contribution in [0.25, 0.3) is 10.2 Å². The summed E-state index contributed by atoms with van der Waals surface area (Å²) in [7, 11) is 0. The van der Waals surface area contributed by atoms with Gasteiger partial charge in [-0.05, 0) is 48.9 Å². The van der Waals surface area contributed by atoms with Crippen molar-refractivity contribution in [2.45, 2.75) is 57.4 Å². The molecule has 186 valence electrons. The number of carbonyl (C=O) groups excluding carboxylic acids is 2. The first-order chi connectivity index (χ1) is 16.9. The predicted octanol–water partition coefficient (Wildman–Crippen LogP) is 3.29. The monoisotopic (exact) mass is 516 g/mol. The quantitative estimate of drug-likeness (QED) is 0.297. The second-order valence-electron chi connectivity index (χ2n) is 8.22. The Hall–Kier alpha value is -3.05. The Morgan fingerprint density at radius 3 is 2.89 bits per heavy atom. The van der Waals surface area contributed by atoms with Crippen LogP contribution in [0.5, 0.6) is 11.5 Å². The van der Waals surface area contributed by atoms with Crippen LogP contribution in [-0.4, -0.2) is 40.0 Å². The third kappa shape index (κ3) is 6.34. The normalized spacial score (nSPS) is 13.1. The van der Waals surface area contributed by atoms with E-state index in [4.69, 9.17) is 9.47 Å². The maximum atomic E-state index is 13.1. The maximum absolute atomic E-state index is 13.1. The van der Waals surface area contributed by atoms with Crippen LogP contribution in [0.15, 0.2) is 39.6 Å². The van der Waals surface area contributed by atoms with E-state index in [9.17, 15) is 14.4 Å². The van der Waals surface area contributed by atoms with Crippen molar-refractivity contribution in [1.82, 2.24) is 20.2 Å². The van der Waals surface area contributed by atoms with Crippen molar-refractivity contribution in [3.63, 3.8) is 0 Å². The Bertz CT molecular complexity index is 1270. The van der Waals surface area contributed by atoms with E-state index >= 15 is 0 Å². The van der Waals surface area contributed by atoms with Gasteiger partial charge in [-0.3, -0.25) is 19.0 Å². The number of benzene rings is 1. The van der Waals surface area contributed by atoms with Gasteiger partial charge in [0.25, 0.3) is 5.56 Å². The van der Waals surface area contributed by atoms with Crippen LogP contribution in [-0.2, 0) is 22.7 Å². The molecule has 0 radical (unpaired) electrons. The van der Waals surface area contributed by atoms with E-state index in [2.05, 4.69) is 15.6 Å². The van der Waals surface area contributed by atoms with Crippen molar-refractivity contribution >= 4 is 45.1 Å². The van der Waals surface area contributed by atoms with Gasteiger partial charge in [0.05, 0.1) is 11.3 Å². The molecular weight excluding hydrogens is 488 g/mol. The number of aromatic nitrogens is 2. The van der Waals surface area contributed by atoms with Gasteiger partial charge >= 0.3 is 0 Å². The van der Waals surface area contributed by atoms with E-state index in [1.165, 1.54) is 23.1 Å². The van der Waals surface area contributed by atoms with Crippen LogP contribution < -0.4 is 25.7 Å². The molecule has 3 heterocycles. The second-order valence-corrected chi connectivity index (χ2v) is 10.1. The molecule has 9 nitrogen and oxygen atoms in total. The highest BCUT2D eigenvalue weighted by Gasteiger charge is 2.16. The summed E-state index contributed by atoms with van der Waals surface area (Å²) in [6.45, 7) is 4.88. The molecule has 1 aliphatic heterocycles. The number of carbonyl (C=O) groups is 2. The second kappa shape index (κ2) is 11.6. The van der Waals surface area contributed by atoms with Gasteiger partial charge in [-0.1, -0.05) is 24.8 Å². The number of thiophene rings is 1. The zero-order chi connectivity index (χ0) is 24.8. The Kier molecular flexibility index (Phi) is 8.29. The zero-order valence-electron chi connectivity index (χ0n) is 19.7. The molecule has 2 N–H and O–H groups in total. The van der Waals surface area contributed by atoms with Crippen LogP contribution in [0, 0.1) is 0 Å². The number of hydrogen-bond donors (Lipinski definition) is 2. The standard InChI is InChI=1S/C24H28N4O5S2/c1-3-15(2)26-21(30)13-35-24-27-17-8-10-34-22(17)23(31)28(24)9-4-5-20(29)25-12-16-6-7-18-19(11-16)33-14-32-18/h6-8,10-11,15H,3-5,9,12-14H2,1-2H3,(H,25,29)(H,26,30)/t15-/m0/s1. The van der Waals surface area contributed by atoms with Crippen molar-refractivity contribution in [3.8, 4) is 11.5 Å². The molecule has 1 aliphatic rings. The third-order valence-electron chi connectivity index (χ3n) is 5.60. The Labute approximate surface area is 211 Å². The molecule has 0 unspecified atom stereocenters. The molecule has 4 rings (SSSR count). The molecule has 0 saturated carbocycles. The predicted molar refractivity (Wildman–Crippen MR) is 136 cm³/mol. The molecule has 0 fully saturated rings. The lowest BCUT2D eigenvalue weighted by Gasteiger charge is -2.14. The number of nitrogens with zero attached hydrogens (tertiary/aromatic N) is 2. The van der Waals surface area contributed by atoms with Gasteiger partial charge < -0.3 is 20.1 Å². The largest absolute Gasteiger partial charge is 0.454 e. The van der Waals surface area contributed by atoms with Crippen molar-refractivity contribution < 1.29 is 19.1 Å². The van der Waals surface area contributed by atoms with E-state index in [1.54, 1.807) is 10.6 Å². The van der Waals surface area contributed by atoms with Crippen LogP contribution in [0.4, 0.5) is 0 Å². The summed E-state index contributed by atoms with van der Waals surface area (Å²) >= 11 is 2.58. The summed E-state index contributed by atoms with van der Waals surface area (Å²) in [6, 6.07) is 7.46. The van der Waals surface area contributed by atoms with Crippen molar-refractivity contribution in [2.24, 2.45) is 0 Å². The van der Waals surface area contributed by atoms with Gasteiger partial charge in [-0.2, -0.15) is 0 Å². The third-order valence-corrected chi connectivity index (χ3v) is 7.46. The van der Waals surface area contributed by atoms with Gasteiger partial charge in [0, 0.05) is 25.6 Å². The molecule has 3 aromatic rings. The first kappa shape index (κ1) is 25.1. The Morgan fingerprint density at radius 1 is 1.23 bits per heavy atom. The summed E-state index contributed by atoms with van der Waals surface area (Å²) < 4.78 is 12.8. The van der Waals surface area contributed by atoms with Gasteiger partial charge in [-0.15, -0.1) is 11.3 Å². The van der Waals surface area contributed by atoms with Crippen LogP contribution in [0.1, 0.15) is 38.7 Å². The molecule has 1 atom stereocenters. The lowest BCUT2D eigenvalue weighted by atomic mass is 10.2. The van der Waals surface area contributed by atoms with Gasteiger partial charge in [-0.25, -0.2) is 4.98 Å². The van der Waals surface area contributed by atoms with Crippen molar-refractivity contribution in [3.05, 3.63) is 45.6 Å². The highest BCUT2D eigenvalue weighted by Crippen LogP contribution is 2.32. The smallest absolute Gasteiger partial charge is 0.272 e. The minimum absolute atomic E-state index is 0.0915. The fourth-order valence-corrected chi connectivity index (χ4v) is 5.13. The minimum Gasteiger partial charge on any atom is -0.454 e. The van der Waals surface area contributed by atoms with Crippen LogP contribution >= 0.6 is 23.1 Å². The highest BCUT2D eigenvalue weighted by atomic mass is 32.2. The molecule has 11 heteroatoms. The fourth-order valence-electron chi connectivity index (χ4n) is 3.52. The van der Waals surface area contributed by atoms with Gasteiger partial charge in [0.15, 0.2) is 16.7 Å². The minimum atomic E-state index is -0.143. The first-order valence-corrected chi connectivity index (χ1v) is 13.4. The number of fused-ring (bicyclic) bond motifs is 2. The van der Waals surface area contributed by atoms with E-state index in [0.29, 0.717) is 46.4 Å². The average molecular weight is 517 g/mol. The number of amides is 2. The summed E-state index contributed by atoms with van der Waals surface area (Å²) in [5.74, 6) is 1.34. The van der Waals surface area contributed by atoms with Gasteiger partial charge in [0.1, 0.15) is 4.70 Å². The summed E-state index contributed by atoms with van der Waals surface area (Å²) in [5, 5.41) is 8.14. The van der Waals surface area contributed by atoms with Crippen molar-refractivity contribution in [2.75, 3.05) is 12.5 Å². The Morgan fingerprint density at radius 2 is 2.06 bits per heavy atom. The molecule has 0 aliphatic carbocycles. The van der Waals surface area contributed by atoms with E-state index in [0.717, 1.165) is 12.0 Å². The SMILES string of the molecule is CC[C@H](C)NC(=O)CSc1nc2ccsc2c(=O)n1CCCC(=O)NCc1ccc2c(c1)OCO2. The fraction of sp³-hybridized carbons (Fsp3) is 0.417. The molecule has 0 spiro atoms. The average Bonchev–Trinajstić information content (AvgIpc) is 3.52. The highest BCUT2D eigenvalue weighted by molar-refractivity contribution is 7.99. The summed E-state index contributed by atoms with van der Waals surface area (Å²) in [5.41, 5.74) is 1.40. The first-order valence-electron chi connectivity index (χ1n) is 11.5. The molecule has 2 aromatic heterocycles. The molecule has 0 saturated heterocycles. The number of thioether (sulfide) groups is 1. The summed E-state index contributed by atoms with van der Waals surface area (Å²) in [6.07, 6.45) is 1.58. The van der Waals surface area contributed by atoms with E-state index in [1.807, 2.05) is 37.4 Å². The molecular formula is C24H28N4O5S2. The number of nitrogens with one attached hydrogen (secondary N) is 2. The molecule has 2 amide bonds. The molecule has 35 heavy (non-hydrogen) atoms. The number of ether oxygens (including phenoxy) is 2. The lowest BCUT2D eigenvalue weighted by molar-refractivity contribution is -0.121. The number of hydrogen-bond acceptors (Lipinski definition) is 8. The number of rotatable bonds is 11. The van der Waals surface area contributed by atoms with E-state index < -0.39 is 0 Å². The van der Waals surface area contributed by atoms with Crippen LogP contribution in [0.3, 0.4) is 0 Å². The Balaban J connectivity index is 1.34. The van der Waals surface area contributed by atoms with Crippen LogP contribution in [0.2, 0.25) is 0 Å². The molecule has 1 aromatic carbocycles. The van der Waals surface area contributed by atoms with E-state index in [-0.39, 0.29) is 42.4 Å². The van der Waals surface area contributed by atoms with Gasteiger partial charge in [0.2, 0.25) is 18.6 Å². The molecule has 0 bridgehead atoms.